The fourth-order valence-corrected chi connectivity index (χ4v) is 7.98. The van der Waals surface area contributed by atoms with Crippen molar-refractivity contribution in [2.75, 3.05) is 0 Å². The fraction of sp³-hybridized carbons (Fsp3) is 0. The number of aromatic nitrogens is 3. The van der Waals surface area contributed by atoms with Gasteiger partial charge in [0.15, 0.2) is 5.82 Å². The highest BCUT2D eigenvalue weighted by Crippen LogP contribution is 2.43. The predicted molar refractivity (Wildman–Crippen MR) is 187 cm³/mol. The van der Waals surface area contributed by atoms with E-state index < -0.39 is 0 Å². The summed E-state index contributed by atoms with van der Waals surface area (Å²) in [4.78, 5) is 9.99. The largest absolute Gasteiger partial charge is 0.438 e. The standard InChI is InChI=1S/C40H23N3OS/c1-2-10-25(11-3-1)39-41-38(37-28-13-5-8-16-32(28)44-40(37)42-39)24-18-20-26(21-19-24)43-30-15-7-4-12-27(30)35-31(43)22-23-34-36(35)29-14-6-9-17-33(29)45-34/h1-23H. The van der Waals surface area contributed by atoms with Crippen molar-refractivity contribution in [2.24, 2.45) is 0 Å². The fourth-order valence-electron chi connectivity index (χ4n) is 6.87. The first kappa shape index (κ1) is 24.6. The van der Waals surface area contributed by atoms with Crippen molar-refractivity contribution in [3.63, 3.8) is 0 Å². The molecule has 6 aromatic carbocycles. The Hall–Kier alpha value is -5.78. The van der Waals surface area contributed by atoms with Crippen LogP contribution in [0.25, 0.3) is 92.4 Å². The summed E-state index contributed by atoms with van der Waals surface area (Å²) in [5.74, 6) is 0.649. The Kier molecular flexibility index (Phi) is 5.12. The maximum Gasteiger partial charge on any atom is 0.231 e. The van der Waals surface area contributed by atoms with Crippen molar-refractivity contribution in [2.45, 2.75) is 0 Å². The van der Waals surface area contributed by atoms with E-state index in [0.717, 1.165) is 38.9 Å². The van der Waals surface area contributed by atoms with Gasteiger partial charge in [0.05, 0.1) is 22.1 Å². The number of benzene rings is 6. The second-order valence-electron chi connectivity index (χ2n) is 11.4. The SMILES string of the molecule is c1ccc(-c2nc(-c3ccc(-n4c5ccccc5c5c6c(ccc54)sc4ccccc46)cc3)c3c(n2)oc2ccccc23)cc1. The van der Waals surface area contributed by atoms with Gasteiger partial charge in [0.1, 0.15) is 5.58 Å². The molecule has 0 saturated carbocycles. The lowest BCUT2D eigenvalue weighted by Crippen LogP contribution is -1.96. The van der Waals surface area contributed by atoms with Gasteiger partial charge in [0.2, 0.25) is 5.71 Å². The summed E-state index contributed by atoms with van der Waals surface area (Å²) in [6, 6.07) is 49.0. The molecule has 0 bridgehead atoms. The van der Waals surface area contributed by atoms with E-state index in [4.69, 9.17) is 14.4 Å². The number of rotatable bonds is 3. The van der Waals surface area contributed by atoms with Crippen molar-refractivity contribution in [3.05, 3.63) is 140 Å². The molecule has 0 amide bonds. The van der Waals surface area contributed by atoms with Crippen LogP contribution in [-0.2, 0) is 0 Å². The molecule has 0 aliphatic heterocycles. The van der Waals surface area contributed by atoms with E-state index in [9.17, 15) is 0 Å². The van der Waals surface area contributed by atoms with Crippen LogP contribution in [-0.4, -0.2) is 14.5 Å². The van der Waals surface area contributed by atoms with Crippen LogP contribution in [0, 0.1) is 0 Å². The van der Waals surface area contributed by atoms with Crippen molar-refractivity contribution in [1.82, 2.24) is 14.5 Å². The van der Waals surface area contributed by atoms with Crippen LogP contribution < -0.4 is 0 Å². The molecular weight excluding hydrogens is 571 g/mol. The molecule has 4 aromatic heterocycles. The summed E-state index contributed by atoms with van der Waals surface area (Å²) < 4.78 is 11.3. The second kappa shape index (κ2) is 9.36. The van der Waals surface area contributed by atoms with E-state index in [2.05, 4.69) is 95.6 Å². The average molecular weight is 594 g/mol. The van der Waals surface area contributed by atoms with Crippen LogP contribution in [0.3, 0.4) is 0 Å². The van der Waals surface area contributed by atoms with Gasteiger partial charge in [0, 0.05) is 53.1 Å². The highest BCUT2D eigenvalue weighted by molar-refractivity contribution is 7.26. The van der Waals surface area contributed by atoms with Crippen LogP contribution in [0.5, 0.6) is 0 Å². The minimum atomic E-state index is 0.596. The monoisotopic (exact) mass is 593 g/mol. The summed E-state index contributed by atoms with van der Waals surface area (Å²) in [6.45, 7) is 0. The predicted octanol–water partition coefficient (Wildman–Crippen LogP) is 11.2. The highest BCUT2D eigenvalue weighted by Gasteiger charge is 2.20. The first-order valence-electron chi connectivity index (χ1n) is 15.0. The minimum Gasteiger partial charge on any atom is -0.438 e. The Labute approximate surface area is 261 Å². The van der Waals surface area contributed by atoms with E-state index in [0.29, 0.717) is 11.5 Å². The molecule has 0 N–H and O–H groups in total. The van der Waals surface area contributed by atoms with Crippen LogP contribution >= 0.6 is 11.3 Å². The Balaban J connectivity index is 1.21. The molecule has 5 heteroatoms. The Morgan fingerprint density at radius 3 is 2.09 bits per heavy atom. The quantitative estimate of drug-likeness (QED) is 0.205. The molecule has 4 heterocycles. The molecule has 4 nitrogen and oxygen atoms in total. The van der Waals surface area contributed by atoms with Gasteiger partial charge in [-0.25, -0.2) is 4.98 Å². The number of nitrogens with zero attached hydrogens (tertiary/aromatic N) is 3. The van der Waals surface area contributed by atoms with Crippen molar-refractivity contribution in [3.8, 4) is 28.3 Å². The number of para-hydroxylation sites is 2. The number of furan rings is 1. The lowest BCUT2D eigenvalue weighted by atomic mass is 10.0. The summed E-state index contributed by atoms with van der Waals surface area (Å²) in [5.41, 5.74) is 7.74. The van der Waals surface area contributed by atoms with Crippen molar-refractivity contribution >= 4 is 75.4 Å². The molecule has 0 radical (unpaired) electrons. The first-order valence-corrected chi connectivity index (χ1v) is 15.8. The first-order chi connectivity index (χ1) is 22.3. The zero-order valence-electron chi connectivity index (χ0n) is 23.9. The molecular formula is C40H23N3OS. The van der Waals surface area contributed by atoms with Crippen LogP contribution in [0.1, 0.15) is 0 Å². The number of hydrogen-bond donors (Lipinski definition) is 0. The van der Waals surface area contributed by atoms with Gasteiger partial charge < -0.3 is 8.98 Å². The molecule has 0 aliphatic rings. The zero-order chi connectivity index (χ0) is 29.5. The number of fused-ring (bicyclic) bond motifs is 10. The maximum atomic E-state index is 6.26. The van der Waals surface area contributed by atoms with E-state index in [1.165, 1.54) is 42.0 Å². The normalized spacial score (nSPS) is 12.0. The Morgan fingerprint density at radius 2 is 1.22 bits per heavy atom. The van der Waals surface area contributed by atoms with Gasteiger partial charge >= 0.3 is 0 Å². The highest BCUT2D eigenvalue weighted by atomic mass is 32.1. The molecule has 210 valence electrons. The van der Waals surface area contributed by atoms with Gasteiger partial charge in [-0.15, -0.1) is 11.3 Å². The molecule has 0 aliphatic carbocycles. The van der Waals surface area contributed by atoms with Crippen LogP contribution in [0.15, 0.2) is 144 Å². The summed E-state index contributed by atoms with van der Waals surface area (Å²) >= 11 is 1.86. The van der Waals surface area contributed by atoms with Gasteiger partial charge in [-0.1, -0.05) is 97.1 Å². The average Bonchev–Trinajstić information content (AvgIpc) is 3.77. The Bertz CT molecular complexity index is 2750. The second-order valence-corrected chi connectivity index (χ2v) is 12.5. The topological polar surface area (TPSA) is 43.9 Å². The molecule has 0 saturated heterocycles. The van der Waals surface area contributed by atoms with E-state index in [1.54, 1.807) is 0 Å². The lowest BCUT2D eigenvalue weighted by molar-refractivity contribution is 0.653. The third kappa shape index (κ3) is 3.59. The third-order valence-electron chi connectivity index (χ3n) is 8.85. The molecule has 10 rings (SSSR count). The van der Waals surface area contributed by atoms with Gasteiger partial charge in [0.25, 0.3) is 0 Å². The molecule has 0 atom stereocenters. The third-order valence-corrected chi connectivity index (χ3v) is 9.98. The molecule has 0 fully saturated rings. The number of thiophene rings is 1. The van der Waals surface area contributed by atoms with E-state index >= 15 is 0 Å². The van der Waals surface area contributed by atoms with E-state index in [1.807, 2.05) is 59.9 Å². The maximum absolute atomic E-state index is 6.26. The minimum absolute atomic E-state index is 0.596. The van der Waals surface area contributed by atoms with Crippen molar-refractivity contribution < 1.29 is 4.42 Å². The molecule has 0 unspecified atom stereocenters. The van der Waals surface area contributed by atoms with E-state index in [-0.39, 0.29) is 0 Å². The summed E-state index contributed by atoms with van der Waals surface area (Å²) in [5, 5.41) is 7.17. The summed E-state index contributed by atoms with van der Waals surface area (Å²) in [7, 11) is 0. The molecule has 0 spiro atoms. The van der Waals surface area contributed by atoms with Crippen LogP contribution in [0.4, 0.5) is 0 Å². The Morgan fingerprint density at radius 1 is 0.489 bits per heavy atom. The van der Waals surface area contributed by atoms with Gasteiger partial charge in [-0.05, 0) is 42.5 Å². The molecule has 10 aromatic rings. The van der Waals surface area contributed by atoms with Gasteiger partial charge in [-0.2, -0.15) is 4.98 Å². The lowest BCUT2D eigenvalue weighted by Gasteiger charge is -2.10. The van der Waals surface area contributed by atoms with Gasteiger partial charge in [-0.3, -0.25) is 0 Å². The number of hydrogen-bond acceptors (Lipinski definition) is 4. The zero-order valence-corrected chi connectivity index (χ0v) is 24.8. The van der Waals surface area contributed by atoms with Crippen molar-refractivity contribution in [1.29, 1.82) is 0 Å². The van der Waals surface area contributed by atoms with Crippen LogP contribution in [0.2, 0.25) is 0 Å². The molecule has 45 heavy (non-hydrogen) atoms. The smallest absolute Gasteiger partial charge is 0.231 e. The summed E-state index contributed by atoms with van der Waals surface area (Å²) in [6.07, 6.45) is 0.